The van der Waals surface area contributed by atoms with Crippen LogP contribution < -0.4 is 5.32 Å². The maximum Gasteiger partial charge on any atom is 0.220 e. The minimum Gasteiger partial charge on any atom is -0.349 e. The topological polar surface area (TPSA) is 59.8 Å². The first kappa shape index (κ1) is 22.7. The SMILES string of the molecule is CCCCC(=O)NCc1nnc(SCc2ccccc2C)n1-c1ccc(Cl)cc1Cl. The number of amides is 1. The van der Waals surface area contributed by atoms with Crippen molar-refractivity contribution < 1.29 is 4.79 Å². The van der Waals surface area contributed by atoms with Gasteiger partial charge in [-0.2, -0.15) is 0 Å². The highest BCUT2D eigenvalue weighted by molar-refractivity contribution is 7.98. The molecular formula is C22H24Cl2N4OS. The minimum absolute atomic E-state index is 0.00252. The number of nitrogens with one attached hydrogen (secondary N) is 1. The first-order valence-electron chi connectivity index (χ1n) is 9.83. The number of hydrogen-bond donors (Lipinski definition) is 1. The second-order valence-electron chi connectivity index (χ2n) is 6.93. The Morgan fingerprint density at radius 2 is 1.97 bits per heavy atom. The van der Waals surface area contributed by atoms with E-state index in [9.17, 15) is 4.79 Å². The maximum absolute atomic E-state index is 12.1. The molecule has 0 atom stereocenters. The number of benzene rings is 2. The Morgan fingerprint density at radius 1 is 1.17 bits per heavy atom. The number of thioether (sulfide) groups is 1. The fourth-order valence-electron chi connectivity index (χ4n) is 2.93. The number of aromatic nitrogens is 3. The summed E-state index contributed by atoms with van der Waals surface area (Å²) >= 11 is 14.1. The highest BCUT2D eigenvalue weighted by Gasteiger charge is 2.18. The van der Waals surface area contributed by atoms with Gasteiger partial charge < -0.3 is 5.32 Å². The third-order valence-electron chi connectivity index (χ3n) is 4.67. The number of unbranched alkanes of at least 4 members (excludes halogenated alkanes) is 1. The molecule has 8 heteroatoms. The van der Waals surface area contributed by atoms with Gasteiger partial charge >= 0.3 is 0 Å². The molecular weight excluding hydrogens is 439 g/mol. The van der Waals surface area contributed by atoms with Gasteiger partial charge in [-0.25, -0.2) is 0 Å². The Morgan fingerprint density at radius 3 is 2.70 bits per heavy atom. The van der Waals surface area contributed by atoms with Gasteiger partial charge in [-0.05, 0) is 42.7 Å². The molecule has 1 heterocycles. The molecule has 0 bridgehead atoms. The van der Waals surface area contributed by atoms with Gasteiger partial charge in [0.25, 0.3) is 0 Å². The zero-order valence-electron chi connectivity index (χ0n) is 17.0. The number of carbonyl (C=O) groups is 1. The van der Waals surface area contributed by atoms with Gasteiger partial charge in [-0.15, -0.1) is 10.2 Å². The van der Waals surface area contributed by atoms with E-state index in [1.54, 1.807) is 23.9 Å². The lowest BCUT2D eigenvalue weighted by molar-refractivity contribution is -0.121. The average molecular weight is 463 g/mol. The summed E-state index contributed by atoms with van der Waals surface area (Å²) in [7, 11) is 0. The first-order chi connectivity index (χ1) is 14.5. The molecule has 30 heavy (non-hydrogen) atoms. The summed E-state index contributed by atoms with van der Waals surface area (Å²) in [5, 5.41) is 13.4. The van der Waals surface area contributed by atoms with Gasteiger partial charge in [0.15, 0.2) is 11.0 Å². The lowest BCUT2D eigenvalue weighted by Crippen LogP contribution is -2.24. The Kier molecular flexibility index (Phi) is 8.19. The van der Waals surface area contributed by atoms with Crippen molar-refractivity contribution in [2.45, 2.75) is 50.6 Å². The average Bonchev–Trinajstić information content (AvgIpc) is 3.12. The summed E-state index contributed by atoms with van der Waals surface area (Å²) in [6.45, 7) is 4.43. The predicted octanol–water partition coefficient (Wildman–Crippen LogP) is 5.98. The second kappa shape index (κ2) is 10.8. The molecule has 1 N–H and O–H groups in total. The number of aryl methyl sites for hydroxylation is 1. The lowest BCUT2D eigenvalue weighted by atomic mass is 10.1. The van der Waals surface area contributed by atoms with Gasteiger partial charge in [-0.3, -0.25) is 9.36 Å². The number of nitrogens with zero attached hydrogens (tertiary/aromatic N) is 3. The smallest absolute Gasteiger partial charge is 0.220 e. The first-order valence-corrected chi connectivity index (χ1v) is 11.6. The van der Waals surface area contributed by atoms with E-state index in [-0.39, 0.29) is 12.5 Å². The fraction of sp³-hybridized carbons (Fsp3) is 0.318. The van der Waals surface area contributed by atoms with E-state index < -0.39 is 0 Å². The standard InChI is InChI=1S/C22H24Cl2N4OS/c1-3-4-9-21(29)25-13-20-26-27-22(30-14-16-8-6-5-7-15(16)2)28(20)19-11-10-17(23)12-18(19)24/h5-8,10-12H,3-4,9,13-14H2,1-2H3,(H,25,29). The Labute approximate surface area is 191 Å². The summed E-state index contributed by atoms with van der Waals surface area (Å²) in [6.07, 6.45) is 2.34. The van der Waals surface area contributed by atoms with Crippen molar-refractivity contribution in [1.82, 2.24) is 20.1 Å². The van der Waals surface area contributed by atoms with Crippen molar-refractivity contribution >= 4 is 40.9 Å². The van der Waals surface area contributed by atoms with E-state index in [0.29, 0.717) is 27.4 Å². The molecule has 0 unspecified atom stereocenters. The van der Waals surface area contributed by atoms with Crippen LogP contribution in [0.4, 0.5) is 0 Å². The summed E-state index contributed by atoms with van der Waals surface area (Å²) in [5.74, 6) is 1.37. The van der Waals surface area contributed by atoms with Gasteiger partial charge in [0, 0.05) is 17.2 Å². The predicted molar refractivity (Wildman–Crippen MR) is 123 cm³/mol. The molecule has 0 fully saturated rings. The number of carbonyl (C=O) groups excluding carboxylic acids is 1. The molecule has 0 aliphatic rings. The number of halogens is 2. The van der Waals surface area contributed by atoms with Crippen LogP contribution in [-0.4, -0.2) is 20.7 Å². The third kappa shape index (κ3) is 5.78. The molecule has 1 aromatic heterocycles. The normalized spacial score (nSPS) is 10.9. The van der Waals surface area contributed by atoms with E-state index in [2.05, 4.69) is 41.5 Å². The fourth-order valence-corrected chi connectivity index (χ4v) is 4.46. The van der Waals surface area contributed by atoms with E-state index >= 15 is 0 Å². The molecule has 5 nitrogen and oxygen atoms in total. The zero-order chi connectivity index (χ0) is 21.5. The van der Waals surface area contributed by atoms with Crippen LogP contribution >= 0.6 is 35.0 Å². The van der Waals surface area contributed by atoms with Crippen LogP contribution in [0, 0.1) is 6.92 Å². The van der Waals surface area contributed by atoms with Crippen molar-refractivity contribution in [2.24, 2.45) is 0 Å². The summed E-state index contributed by atoms with van der Waals surface area (Å²) in [4.78, 5) is 12.1. The Hall–Kier alpha value is -2.02. The highest BCUT2D eigenvalue weighted by Crippen LogP contribution is 2.31. The highest BCUT2D eigenvalue weighted by atomic mass is 35.5. The third-order valence-corrected chi connectivity index (χ3v) is 6.19. The van der Waals surface area contributed by atoms with Crippen molar-refractivity contribution in [3.63, 3.8) is 0 Å². The largest absolute Gasteiger partial charge is 0.349 e. The molecule has 158 valence electrons. The number of rotatable bonds is 9. The van der Waals surface area contributed by atoms with Crippen LogP contribution in [0.15, 0.2) is 47.6 Å². The van der Waals surface area contributed by atoms with Gasteiger partial charge in [-0.1, -0.05) is 72.6 Å². The number of hydrogen-bond acceptors (Lipinski definition) is 4. The molecule has 0 aliphatic heterocycles. The van der Waals surface area contributed by atoms with Gasteiger partial charge in [0.05, 0.1) is 17.3 Å². The van der Waals surface area contributed by atoms with Gasteiger partial charge in [0.2, 0.25) is 5.91 Å². The molecule has 3 rings (SSSR count). The van der Waals surface area contributed by atoms with Crippen molar-refractivity contribution in [3.05, 3.63) is 69.5 Å². The molecule has 0 aliphatic carbocycles. The van der Waals surface area contributed by atoms with E-state index in [1.807, 2.05) is 22.8 Å². The van der Waals surface area contributed by atoms with E-state index in [1.165, 1.54) is 11.1 Å². The monoisotopic (exact) mass is 462 g/mol. The Bertz CT molecular complexity index is 1020. The molecule has 0 spiro atoms. The molecule has 0 saturated carbocycles. The van der Waals surface area contributed by atoms with Crippen LogP contribution in [0.5, 0.6) is 0 Å². The zero-order valence-corrected chi connectivity index (χ0v) is 19.3. The quantitative estimate of drug-likeness (QED) is 0.397. The van der Waals surface area contributed by atoms with Crippen LogP contribution in [0.3, 0.4) is 0 Å². The van der Waals surface area contributed by atoms with E-state index in [0.717, 1.165) is 24.3 Å². The molecule has 2 aromatic carbocycles. The van der Waals surface area contributed by atoms with Gasteiger partial charge in [0.1, 0.15) is 0 Å². The maximum atomic E-state index is 12.1. The van der Waals surface area contributed by atoms with Crippen LogP contribution in [0.1, 0.15) is 43.1 Å². The van der Waals surface area contributed by atoms with E-state index in [4.69, 9.17) is 23.2 Å². The minimum atomic E-state index is 0.00252. The molecule has 0 radical (unpaired) electrons. The van der Waals surface area contributed by atoms with Crippen molar-refractivity contribution in [1.29, 1.82) is 0 Å². The Balaban J connectivity index is 1.87. The summed E-state index contributed by atoms with van der Waals surface area (Å²) in [5.41, 5.74) is 3.19. The van der Waals surface area contributed by atoms with Crippen LogP contribution in [0.25, 0.3) is 5.69 Å². The molecule has 1 amide bonds. The van der Waals surface area contributed by atoms with Crippen molar-refractivity contribution in [2.75, 3.05) is 0 Å². The van der Waals surface area contributed by atoms with Crippen LogP contribution in [0.2, 0.25) is 10.0 Å². The lowest BCUT2D eigenvalue weighted by Gasteiger charge is -2.13. The molecule has 0 saturated heterocycles. The van der Waals surface area contributed by atoms with Crippen LogP contribution in [-0.2, 0) is 17.1 Å². The molecule has 3 aromatic rings. The second-order valence-corrected chi connectivity index (χ2v) is 8.71. The summed E-state index contributed by atoms with van der Waals surface area (Å²) in [6, 6.07) is 13.6. The summed E-state index contributed by atoms with van der Waals surface area (Å²) < 4.78 is 1.89. The van der Waals surface area contributed by atoms with Crippen molar-refractivity contribution in [3.8, 4) is 5.69 Å².